The molecule has 1 aromatic carbocycles. The molecule has 112 valence electrons. The SMILES string of the molecule is CCOC(=O)C[C@@]1(C)C(=O)OCN1C(=O)c1ccccc1. The standard InChI is InChI=1S/C15H17NO5/c1-3-20-12(17)9-15(2)14(19)21-10-16(15)13(18)11-7-5-4-6-8-11/h4-8H,3,9-10H2,1-2H3/t15-/m0/s1. The van der Waals surface area contributed by atoms with Gasteiger partial charge in [0, 0.05) is 5.56 Å². The summed E-state index contributed by atoms with van der Waals surface area (Å²) in [5.74, 6) is -1.49. The highest BCUT2D eigenvalue weighted by atomic mass is 16.6. The summed E-state index contributed by atoms with van der Waals surface area (Å²) < 4.78 is 9.83. The van der Waals surface area contributed by atoms with Gasteiger partial charge in [-0.1, -0.05) is 18.2 Å². The molecule has 1 aliphatic heterocycles. The van der Waals surface area contributed by atoms with Gasteiger partial charge >= 0.3 is 11.9 Å². The van der Waals surface area contributed by atoms with E-state index in [9.17, 15) is 14.4 Å². The summed E-state index contributed by atoms with van der Waals surface area (Å²) in [5, 5.41) is 0. The molecular weight excluding hydrogens is 274 g/mol. The number of rotatable bonds is 4. The minimum Gasteiger partial charge on any atom is -0.466 e. The van der Waals surface area contributed by atoms with Crippen LogP contribution >= 0.6 is 0 Å². The zero-order chi connectivity index (χ0) is 15.5. The zero-order valence-electron chi connectivity index (χ0n) is 12.0. The number of benzene rings is 1. The minimum absolute atomic E-state index is 0.164. The van der Waals surface area contributed by atoms with E-state index in [1.54, 1.807) is 37.3 Å². The number of carbonyl (C=O) groups is 3. The van der Waals surface area contributed by atoms with Crippen LogP contribution in [0.25, 0.3) is 0 Å². The average Bonchev–Trinajstić information content (AvgIpc) is 2.75. The Balaban J connectivity index is 2.24. The number of carbonyl (C=O) groups excluding carboxylic acids is 3. The van der Waals surface area contributed by atoms with E-state index in [0.29, 0.717) is 5.56 Å². The van der Waals surface area contributed by atoms with Crippen LogP contribution in [0.3, 0.4) is 0 Å². The molecule has 0 N–H and O–H groups in total. The van der Waals surface area contributed by atoms with E-state index in [2.05, 4.69) is 0 Å². The molecule has 1 atom stereocenters. The quantitative estimate of drug-likeness (QED) is 0.783. The molecule has 0 unspecified atom stereocenters. The maximum atomic E-state index is 12.5. The monoisotopic (exact) mass is 291 g/mol. The van der Waals surface area contributed by atoms with Crippen LogP contribution in [0.2, 0.25) is 0 Å². The topological polar surface area (TPSA) is 72.9 Å². The van der Waals surface area contributed by atoms with Crippen LogP contribution in [0.1, 0.15) is 30.6 Å². The summed E-state index contributed by atoms with van der Waals surface area (Å²) >= 11 is 0. The van der Waals surface area contributed by atoms with Crippen LogP contribution in [0, 0.1) is 0 Å². The van der Waals surface area contributed by atoms with Crippen molar-refractivity contribution in [1.82, 2.24) is 4.90 Å². The van der Waals surface area contributed by atoms with Gasteiger partial charge in [-0.3, -0.25) is 14.5 Å². The molecule has 6 nitrogen and oxygen atoms in total. The highest BCUT2D eigenvalue weighted by Crippen LogP contribution is 2.29. The molecular formula is C15H17NO5. The van der Waals surface area contributed by atoms with E-state index < -0.39 is 17.5 Å². The number of ether oxygens (including phenoxy) is 2. The molecule has 0 bridgehead atoms. The molecule has 1 amide bonds. The third kappa shape index (κ3) is 2.89. The van der Waals surface area contributed by atoms with Gasteiger partial charge in [-0.15, -0.1) is 0 Å². The molecule has 1 fully saturated rings. The predicted octanol–water partition coefficient (Wildman–Crippen LogP) is 1.35. The Bertz CT molecular complexity index is 556. The van der Waals surface area contributed by atoms with Gasteiger partial charge in [0.1, 0.15) is 0 Å². The van der Waals surface area contributed by atoms with Crippen LogP contribution in [0.5, 0.6) is 0 Å². The lowest BCUT2D eigenvalue weighted by atomic mass is 9.96. The highest BCUT2D eigenvalue weighted by molar-refractivity contribution is 6.00. The van der Waals surface area contributed by atoms with Gasteiger partial charge in [-0.05, 0) is 26.0 Å². The van der Waals surface area contributed by atoms with Crippen LogP contribution in [0.15, 0.2) is 30.3 Å². The van der Waals surface area contributed by atoms with Crippen LogP contribution in [-0.4, -0.2) is 41.6 Å². The van der Waals surface area contributed by atoms with E-state index in [1.165, 1.54) is 11.8 Å². The van der Waals surface area contributed by atoms with Gasteiger partial charge in [-0.2, -0.15) is 0 Å². The Hall–Kier alpha value is -2.37. The molecule has 0 aromatic heterocycles. The molecule has 0 spiro atoms. The smallest absolute Gasteiger partial charge is 0.334 e. The first-order valence-corrected chi connectivity index (χ1v) is 6.69. The molecule has 1 aliphatic rings. The fraction of sp³-hybridized carbons (Fsp3) is 0.400. The van der Waals surface area contributed by atoms with Crippen LogP contribution < -0.4 is 0 Å². The summed E-state index contributed by atoms with van der Waals surface area (Å²) in [6.07, 6.45) is -0.224. The van der Waals surface area contributed by atoms with E-state index >= 15 is 0 Å². The van der Waals surface area contributed by atoms with Crippen molar-refractivity contribution >= 4 is 17.8 Å². The van der Waals surface area contributed by atoms with Crippen molar-refractivity contribution in [3.63, 3.8) is 0 Å². The minimum atomic E-state index is -1.33. The molecule has 1 heterocycles. The Morgan fingerprint density at radius 1 is 1.33 bits per heavy atom. The number of cyclic esters (lactones) is 1. The Kier molecular flexibility index (Phi) is 4.26. The Labute approximate surface area is 122 Å². The number of nitrogens with zero attached hydrogens (tertiary/aromatic N) is 1. The number of hydrogen-bond acceptors (Lipinski definition) is 5. The van der Waals surface area contributed by atoms with Crippen molar-refractivity contribution in [3.05, 3.63) is 35.9 Å². The summed E-state index contributed by atoms with van der Waals surface area (Å²) in [5.41, 5.74) is -0.898. The molecule has 0 radical (unpaired) electrons. The van der Waals surface area contributed by atoms with Crippen molar-refractivity contribution in [2.45, 2.75) is 25.8 Å². The zero-order valence-corrected chi connectivity index (χ0v) is 12.0. The van der Waals surface area contributed by atoms with E-state index in [-0.39, 0.29) is 25.7 Å². The second-order valence-electron chi connectivity index (χ2n) is 4.92. The first kappa shape index (κ1) is 15.0. The lowest BCUT2D eigenvalue weighted by molar-refractivity contribution is -0.151. The van der Waals surface area contributed by atoms with Gasteiger partial charge in [0.05, 0.1) is 13.0 Å². The molecule has 0 saturated carbocycles. The van der Waals surface area contributed by atoms with Gasteiger partial charge < -0.3 is 9.47 Å². The third-order valence-electron chi connectivity index (χ3n) is 3.42. The largest absolute Gasteiger partial charge is 0.466 e. The molecule has 1 aromatic rings. The van der Waals surface area contributed by atoms with Crippen molar-refractivity contribution in [2.75, 3.05) is 13.3 Å². The van der Waals surface area contributed by atoms with Gasteiger partial charge in [0.2, 0.25) is 0 Å². The molecule has 2 rings (SSSR count). The van der Waals surface area contributed by atoms with Crippen LogP contribution in [0.4, 0.5) is 0 Å². The molecule has 21 heavy (non-hydrogen) atoms. The van der Waals surface area contributed by atoms with Gasteiger partial charge in [0.25, 0.3) is 5.91 Å². The summed E-state index contributed by atoms with van der Waals surface area (Å²) in [6.45, 7) is 3.25. The third-order valence-corrected chi connectivity index (χ3v) is 3.42. The lowest BCUT2D eigenvalue weighted by Crippen LogP contribution is -2.50. The number of hydrogen-bond donors (Lipinski definition) is 0. The predicted molar refractivity (Wildman–Crippen MR) is 73.2 cm³/mol. The second kappa shape index (κ2) is 5.95. The summed E-state index contributed by atoms with van der Waals surface area (Å²) in [6, 6.07) is 8.55. The maximum absolute atomic E-state index is 12.5. The van der Waals surface area contributed by atoms with Crippen molar-refractivity contribution in [3.8, 4) is 0 Å². The van der Waals surface area contributed by atoms with Crippen molar-refractivity contribution < 1.29 is 23.9 Å². The first-order valence-electron chi connectivity index (χ1n) is 6.69. The van der Waals surface area contributed by atoms with Crippen molar-refractivity contribution in [2.24, 2.45) is 0 Å². The fourth-order valence-electron chi connectivity index (χ4n) is 2.21. The van der Waals surface area contributed by atoms with Gasteiger partial charge in [-0.25, -0.2) is 4.79 Å². The number of esters is 2. The fourth-order valence-corrected chi connectivity index (χ4v) is 2.21. The Morgan fingerprint density at radius 3 is 2.62 bits per heavy atom. The molecule has 1 saturated heterocycles. The van der Waals surface area contributed by atoms with E-state index in [0.717, 1.165) is 0 Å². The first-order chi connectivity index (χ1) is 9.99. The van der Waals surface area contributed by atoms with E-state index in [1.807, 2.05) is 0 Å². The molecule has 0 aliphatic carbocycles. The van der Waals surface area contributed by atoms with E-state index in [4.69, 9.17) is 9.47 Å². The maximum Gasteiger partial charge on any atom is 0.334 e. The summed E-state index contributed by atoms with van der Waals surface area (Å²) in [7, 11) is 0. The van der Waals surface area contributed by atoms with Crippen molar-refractivity contribution in [1.29, 1.82) is 0 Å². The highest BCUT2D eigenvalue weighted by Gasteiger charge is 2.51. The number of amides is 1. The molecule has 6 heteroatoms. The Morgan fingerprint density at radius 2 is 2.00 bits per heavy atom. The lowest BCUT2D eigenvalue weighted by Gasteiger charge is -2.29. The van der Waals surface area contributed by atoms with Crippen LogP contribution in [-0.2, 0) is 19.1 Å². The summed E-state index contributed by atoms with van der Waals surface area (Å²) in [4.78, 5) is 37.4. The van der Waals surface area contributed by atoms with Gasteiger partial charge in [0.15, 0.2) is 12.3 Å². The second-order valence-corrected chi connectivity index (χ2v) is 4.92. The average molecular weight is 291 g/mol. The normalized spacial score (nSPS) is 21.0.